The molecule has 1 saturated heterocycles. The summed E-state index contributed by atoms with van der Waals surface area (Å²) in [6.45, 7) is 6.04. The summed E-state index contributed by atoms with van der Waals surface area (Å²) in [6, 6.07) is 12.4. The molecule has 1 aliphatic heterocycles. The van der Waals surface area contributed by atoms with Gasteiger partial charge in [-0.25, -0.2) is 0 Å². The van der Waals surface area contributed by atoms with Crippen molar-refractivity contribution in [2.75, 3.05) is 19.6 Å². The molecule has 1 aromatic rings. The van der Waals surface area contributed by atoms with E-state index in [4.69, 9.17) is 0 Å². The van der Waals surface area contributed by atoms with Gasteiger partial charge < -0.3 is 5.32 Å². The maximum atomic E-state index is 3.88. The van der Waals surface area contributed by atoms with Crippen LogP contribution in [0, 0.1) is 5.92 Å². The second-order valence-electron chi connectivity index (χ2n) is 7.03. The van der Waals surface area contributed by atoms with Crippen LogP contribution < -0.4 is 5.32 Å². The summed E-state index contributed by atoms with van der Waals surface area (Å²) in [4.78, 5) is 2.67. The number of hydrogen-bond acceptors (Lipinski definition) is 2. The molecule has 1 unspecified atom stereocenters. The Morgan fingerprint density at radius 3 is 2.38 bits per heavy atom. The second-order valence-corrected chi connectivity index (χ2v) is 7.03. The van der Waals surface area contributed by atoms with Gasteiger partial charge in [-0.3, -0.25) is 4.90 Å². The zero-order valence-corrected chi connectivity index (χ0v) is 13.4. The van der Waals surface area contributed by atoms with Crippen LogP contribution in [0.3, 0.4) is 0 Å². The Morgan fingerprint density at radius 2 is 1.71 bits per heavy atom. The van der Waals surface area contributed by atoms with Gasteiger partial charge in [0.2, 0.25) is 0 Å². The standard InChI is InChI=1S/C19H30N2/c1-16-9-11-18(12-10-16)20-15-19(21-13-5-6-14-21)17-7-3-2-4-8-17/h2-4,7-8,16,18-20H,5-6,9-15H2,1H3. The van der Waals surface area contributed by atoms with E-state index in [1.807, 2.05) is 0 Å². The Bertz CT molecular complexity index is 403. The van der Waals surface area contributed by atoms with Crippen molar-refractivity contribution in [3.8, 4) is 0 Å². The van der Waals surface area contributed by atoms with Crippen LogP contribution in [0.15, 0.2) is 30.3 Å². The number of nitrogens with zero attached hydrogens (tertiary/aromatic N) is 1. The quantitative estimate of drug-likeness (QED) is 0.880. The summed E-state index contributed by atoms with van der Waals surface area (Å²) >= 11 is 0. The third-order valence-corrected chi connectivity index (χ3v) is 5.38. The Hall–Kier alpha value is -0.860. The molecule has 3 rings (SSSR count). The topological polar surface area (TPSA) is 15.3 Å². The van der Waals surface area contributed by atoms with Crippen LogP contribution in [0.2, 0.25) is 0 Å². The molecule has 0 amide bonds. The molecule has 2 fully saturated rings. The Labute approximate surface area is 129 Å². The summed E-state index contributed by atoms with van der Waals surface area (Å²) in [6.07, 6.45) is 8.26. The van der Waals surface area contributed by atoms with E-state index in [0.717, 1.165) is 18.5 Å². The first-order valence-electron chi connectivity index (χ1n) is 8.85. The average molecular weight is 286 g/mol. The van der Waals surface area contributed by atoms with Crippen molar-refractivity contribution in [2.24, 2.45) is 5.92 Å². The molecule has 2 aliphatic rings. The van der Waals surface area contributed by atoms with E-state index in [0.29, 0.717) is 6.04 Å². The molecular formula is C19H30N2. The fraction of sp³-hybridized carbons (Fsp3) is 0.684. The molecule has 116 valence electrons. The minimum Gasteiger partial charge on any atom is -0.312 e. The van der Waals surface area contributed by atoms with E-state index < -0.39 is 0 Å². The number of benzene rings is 1. The second kappa shape index (κ2) is 7.42. The molecule has 0 aromatic heterocycles. The van der Waals surface area contributed by atoms with E-state index >= 15 is 0 Å². The monoisotopic (exact) mass is 286 g/mol. The maximum absolute atomic E-state index is 3.88. The lowest BCUT2D eigenvalue weighted by atomic mass is 9.87. The first-order valence-corrected chi connectivity index (χ1v) is 8.85. The van der Waals surface area contributed by atoms with E-state index in [1.54, 1.807) is 0 Å². The zero-order valence-electron chi connectivity index (χ0n) is 13.4. The molecule has 1 aliphatic carbocycles. The van der Waals surface area contributed by atoms with Gasteiger partial charge in [0.05, 0.1) is 0 Å². The van der Waals surface area contributed by atoms with Crippen molar-refractivity contribution in [2.45, 2.75) is 57.5 Å². The molecule has 1 aromatic carbocycles. The van der Waals surface area contributed by atoms with Gasteiger partial charge in [0.1, 0.15) is 0 Å². The smallest absolute Gasteiger partial charge is 0.0472 e. The SMILES string of the molecule is CC1CCC(NCC(c2ccccc2)N2CCCC2)CC1. The number of hydrogen-bond donors (Lipinski definition) is 1. The Kier molecular flexibility index (Phi) is 5.32. The number of likely N-dealkylation sites (tertiary alicyclic amines) is 1. The molecule has 1 N–H and O–H groups in total. The van der Waals surface area contributed by atoms with Gasteiger partial charge in [-0.1, -0.05) is 37.3 Å². The van der Waals surface area contributed by atoms with Gasteiger partial charge >= 0.3 is 0 Å². The van der Waals surface area contributed by atoms with E-state index in [9.17, 15) is 0 Å². The third-order valence-electron chi connectivity index (χ3n) is 5.38. The van der Waals surface area contributed by atoms with E-state index in [2.05, 4.69) is 47.5 Å². The number of nitrogens with one attached hydrogen (secondary N) is 1. The highest BCUT2D eigenvalue weighted by Gasteiger charge is 2.25. The van der Waals surface area contributed by atoms with Gasteiger partial charge in [-0.15, -0.1) is 0 Å². The van der Waals surface area contributed by atoms with Crippen LogP contribution in [-0.2, 0) is 0 Å². The number of rotatable bonds is 5. The Balaban J connectivity index is 1.60. The predicted molar refractivity (Wildman–Crippen MR) is 89.4 cm³/mol. The molecule has 0 spiro atoms. The van der Waals surface area contributed by atoms with Crippen molar-refractivity contribution in [1.29, 1.82) is 0 Å². The first-order chi connectivity index (χ1) is 10.3. The van der Waals surface area contributed by atoms with Crippen molar-refractivity contribution < 1.29 is 0 Å². The molecular weight excluding hydrogens is 256 g/mol. The summed E-state index contributed by atoms with van der Waals surface area (Å²) in [5.74, 6) is 0.937. The lowest BCUT2D eigenvalue weighted by Gasteiger charge is -2.32. The lowest BCUT2D eigenvalue weighted by molar-refractivity contribution is 0.219. The summed E-state index contributed by atoms with van der Waals surface area (Å²) < 4.78 is 0. The van der Waals surface area contributed by atoms with Crippen LogP contribution in [0.25, 0.3) is 0 Å². The minimum absolute atomic E-state index is 0.563. The normalized spacial score (nSPS) is 28.6. The lowest BCUT2D eigenvalue weighted by Crippen LogP contribution is -2.40. The van der Waals surface area contributed by atoms with E-state index in [1.165, 1.54) is 57.2 Å². The summed E-state index contributed by atoms with van der Waals surface area (Å²) in [5, 5.41) is 3.88. The van der Waals surface area contributed by atoms with Gasteiger partial charge in [0.15, 0.2) is 0 Å². The van der Waals surface area contributed by atoms with Gasteiger partial charge in [0, 0.05) is 18.6 Å². The maximum Gasteiger partial charge on any atom is 0.0472 e. The highest BCUT2D eigenvalue weighted by molar-refractivity contribution is 5.19. The first kappa shape index (κ1) is 15.1. The van der Waals surface area contributed by atoms with Crippen LogP contribution >= 0.6 is 0 Å². The van der Waals surface area contributed by atoms with Gasteiger partial charge in [-0.05, 0) is 63.1 Å². The summed E-state index contributed by atoms with van der Waals surface area (Å²) in [5.41, 5.74) is 1.48. The fourth-order valence-corrected chi connectivity index (χ4v) is 3.93. The molecule has 1 saturated carbocycles. The van der Waals surface area contributed by atoms with Crippen LogP contribution in [-0.4, -0.2) is 30.6 Å². The highest BCUT2D eigenvalue weighted by atomic mass is 15.2. The summed E-state index contributed by atoms with van der Waals surface area (Å²) in [7, 11) is 0. The Morgan fingerprint density at radius 1 is 1.05 bits per heavy atom. The molecule has 2 heteroatoms. The van der Waals surface area contributed by atoms with Crippen molar-refractivity contribution in [3.05, 3.63) is 35.9 Å². The van der Waals surface area contributed by atoms with Gasteiger partial charge in [-0.2, -0.15) is 0 Å². The van der Waals surface area contributed by atoms with Crippen LogP contribution in [0.1, 0.15) is 57.1 Å². The predicted octanol–water partition coefficient (Wildman–Crippen LogP) is 3.99. The van der Waals surface area contributed by atoms with Gasteiger partial charge in [0.25, 0.3) is 0 Å². The molecule has 0 bridgehead atoms. The van der Waals surface area contributed by atoms with Crippen molar-refractivity contribution in [3.63, 3.8) is 0 Å². The van der Waals surface area contributed by atoms with E-state index in [-0.39, 0.29) is 0 Å². The molecule has 21 heavy (non-hydrogen) atoms. The minimum atomic E-state index is 0.563. The highest BCUT2D eigenvalue weighted by Crippen LogP contribution is 2.27. The van der Waals surface area contributed by atoms with Crippen molar-refractivity contribution >= 4 is 0 Å². The molecule has 0 radical (unpaired) electrons. The third kappa shape index (κ3) is 4.08. The zero-order chi connectivity index (χ0) is 14.5. The fourth-order valence-electron chi connectivity index (χ4n) is 3.93. The largest absolute Gasteiger partial charge is 0.312 e. The molecule has 2 nitrogen and oxygen atoms in total. The van der Waals surface area contributed by atoms with Crippen LogP contribution in [0.4, 0.5) is 0 Å². The van der Waals surface area contributed by atoms with Crippen LogP contribution in [0.5, 0.6) is 0 Å². The average Bonchev–Trinajstić information content (AvgIpc) is 3.05. The van der Waals surface area contributed by atoms with Crippen molar-refractivity contribution in [1.82, 2.24) is 10.2 Å². The molecule has 1 heterocycles. The molecule has 1 atom stereocenters.